The van der Waals surface area contributed by atoms with Crippen LogP contribution in [0.4, 0.5) is 0 Å². The molecule has 2 aliphatic heterocycles. The van der Waals surface area contributed by atoms with Crippen LogP contribution in [-0.4, -0.2) is 37.4 Å². The number of benzene rings is 1. The van der Waals surface area contributed by atoms with Gasteiger partial charge < -0.3 is 24.7 Å². The molecule has 162 valence electrons. The molecular formula is C23H26ClN4O3+. The molecule has 3 N–H and O–H groups in total. The summed E-state index contributed by atoms with van der Waals surface area (Å²) < 4.78 is 12.9. The van der Waals surface area contributed by atoms with Crippen molar-refractivity contribution in [1.82, 2.24) is 4.57 Å². The first-order valence-corrected chi connectivity index (χ1v) is 10.9. The summed E-state index contributed by atoms with van der Waals surface area (Å²) in [6.45, 7) is 7.03. The lowest BCUT2D eigenvalue weighted by molar-refractivity contribution is -0.908. The molecule has 8 heteroatoms. The second-order valence-corrected chi connectivity index (χ2v) is 8.34. The number of nitriles is 1. The van der Waals surface area contributed by atoms with E-state index in [-0.39, 0.29) is 17.0 Å². The van der Waals surface area contributed by atoms with Crippen molar-refractivity contribution in [3.63, 3.8) is 0 Å². The van der Waals surface area contributed by atoms with Crippen LogP contribution in [0, 0.1) is 18.3 Å². The first-order valence-electron chi connectivity index (χ1n) is 10.5. The number of nitrogens with zero attached hydrogens (tertiary/aromatic N) is 2. The predicted octanol–water partition coefficient (Wildman–Crippen LogP) is 1.33. The summed E-state index contributed by atoms with van der Waals surface area (Å²) in [5.41, 5.74) is 7.95. The summed E-state index contributed by atoms with van der Waals surface area (Å²) in [6.07, 6.45) is 0.871. The zero-order valence-corrected chi connectivity index (χ0v) is 18.2. The number of pyridine rings is 1. The molecule has 1 aromatic heterocycles. The molecule has 1 saturated heterocycles. The van der Waals surface area contributed by atoms with E-state index in [4.69, 9.17) is 26.8 Å². The third-order valence-corrected chi connectivity index (χ3v) is 6.36. The summed E-state index contributed by atoms with van der Waals surface area (Å²) in [6, 6.07) is 11.2. The fourth-order valence-electron chi connectivity index (χ4n) is 4.38. The lowest BCUT2D eigenvalue weighted by atomic mass is 9.84. The highest BCUT2D eigenvalue weighted by Gasteiger charge is 2.35. The first-order chi connectivity index (χ1) is 15.0. The van der Waals surface area contributed by atoms with Crippen molar-refractivity contribution in [2.75, 3.05) is 32.8 Å². The molecule has 0 bridgehead atoms. The predicted molar refractivity (Wildman–Crippen MR) is 117 cm³/mol. The van der Waals surface area contributed by atoms with E-state index in [9.17, 15) is 10.1 Å². The van der Waals surface area contributed by atoms with Crippen molar-refractivity contribution < 1.29 is 14.4 Å². The van der Waals surface area contributed by atoms with Crippen molar-refractivity contribution in [2.45, 2.75) is 25.8 Å². The van der Waals surface area contributed by atoms with Crippen LogP contribution < -0.4 is 20.9 Å². The molecule has 4 rings (SSSR count). The SMILES string of the molecule is Cc1cc2c(c(=O)n1CCC[NH+]1CCOCC1)[C@@H](c1ccccc1Cl)C(C#N)=C(N)O2. The molecule has 31 heavy (non-hydrogen) atoms. The highest BCUT2D eigenvalue weighted by atomic mass is 35.5. The molecular weight excluding hydrogens is 416 g/mol. The van der Waals surface area contributed by atoms with E-state index >= 15 is 0 Å². The summed E-state index contributed by atoms with van der Waals surface area (Å²) in [7, 11) is 0. The molecule has 1 aromatic carbocycles. The van der Waals surface area contributed by atoms with Crippen LogP contribution in [0.3, 0.4) is 0 Å². The second kappa shape index (κ2) is 9.15. The summed E-state index contributed by atoms with van der Waals surface area (Å²) >= 11 is 6.45. The smallest absolute Gasteiger partial charge is 0.258 e. The zero-order valence-electron chi connectivity index (χ0n) is 17.5. The number of hydrogen-bond donors (Lipinski definition) is 2. The molecule has 0 saturated carbocycles. The molecule has 3 heterocycles. The topological polar surface area (TPSA) is 94.7 Å². The molecule has 2 aliphatic rings. The molecule has 1 fully saturated rings. The monoisotopic (exact) mass is 441 g/mol. The van der Waals surface area contributed by atoms with E-state index in [1.54, 1.807) is 10.6 Å². The molecule has 2 aromatic rings. The van der Waals surface area contributed by atoms with Gasteiger partial charge in [-0.15, -0.1) is 0 Å². The Morgan fingerprint density at radius 2 is 2.06 bits per heavy atom. The minimum Gasteiger partial charge on any atom is -0.440 e. The normalized spacial score (nSPS) is 18.9. The Bertz CT molecular complexity index is 1110. The van der Waals surface area contributed by atoms with Gasteiger partial charge in [0, 0.05) is 29.7 Å². The highest BCUT2D eigenvalue weighted by molar-refractivity contribution is 6.31. The van der Waals surface area contributed by atoms with Crippen LogP contribution in [0.25, 0.3) is 0 Å². The van der Waals surface area contributed by atoms with Gasteiger partial charge in [-0.05, 0) is 18.6 Å². The van der Waals surface area contributed by atoms with Gasteiger partial charge in [-0.2, -0.15) is 5.26 Å². The van der Waals surface area contributed by atoms with Crippen molar-refractivity contribution in [1.29, 1.82) is 5.26 Å². The number of quaternary nitrogens is 1. The van der Waals surface area contributed by atoms with Gasteiger partial charge >= 0.3 is 0 Å². The van der Waals surface area contributed by atoms with Gasteiger partial charge in [0.25, 0.3) is 5.56 Å². The van der Waals surface area contributed by atoms with Crippen LogP contribution in [0.5, 0.6) is 5.75 Å². The fourth-order valence-corrected chi connectivity index (χ4v) is 4.63. The quantitative estimate of drug-likeness (QED) is 0.730. The standard InChI is InChI=1S/C23H25ClN4O3/c1-15-13-19-21(23(29)28(15)8-4-7-27-9-11-30-12-10-27)20(17(14-25)22(26)31-19)16-5-2-3-6-18(16)24/h2-3,5-6,13,20H,4,7-12,26H2,1H3/p+1/t20-/m0/s1. The summed E-state index contributed by atoms with van der Waals surface area (Å²) in [4.78, 5) is 15.1. The maximum atomic E-state index is 13.6. The number of halogens is 1. The van der Waals surface area contributed by atoms with Gasteiger partial charge in [-0.1, -0.05) is 29.8 Å². The van der Waals surface area contributed by atoms with Crippen LogP contribution in [0.1, 0.15) is 29.2 Å². The number of aromatic nitrogens is 1. The van der Waals surface area contributed by atoms with Crippen molar-refractivity contribution in [2.24, 2.45) is 5.73 Å². The van der Waals surface area contributed by atoms with E-state index in [2.05, 4.69) is 6.07 Å². The van der Waals surface area contributed by atoms with Gasteiger partial charge in [-0.3, -0.25) is 4.79 Å². The van der Waals surface area contributed by atoms with E-state index < -0.39 is 5.92 Å². The van der Waals surface area contributed by atoms with Gasteiger partial charge in [0.05, 0.1) is 31.2 Å². The van der Waals surface area contributed by atoms with Crippen LogP contribution in [0.2, 0.25) is 5.02 Å². The van der Waals surface area contributed by atoms with Crippen molar-refractivity contribution in [3.05, 3.63) is 74.0 Å². The van der Waals surface area contributed by atoms with Crippen molar-refractivity contribution in [3.8, 4) is 11.8 Å². The minimum absolute atomic E-state index is 0.00684. The minimum atomic E-state index is -0.660. The largest absolute Gasteiger partial charge is 0.440 e. The van der Waals surface area contributed by atoms with E-state index in [0.29, 0.717) is 28.4 Å². The number of hydrogen-bond acceptors (Lipinski definition) is 5. The fraction of sp³-hybridized carbons (Fsp3) is 0.391. The molecule has 0 amide bonds. The average molecular weight is 442 g/mol. The number of morpholine rings is 1. The summed E-state index contributed by atoms with van der Waals surface area (Å²) in [5, 5.41) is 10.3. The maximum Gasteiger partial charge on any atom is 0.258 e. The molecule has 0 aliphatic carbocycles. The Labute approximate surface area is 186 Å². The number of ether oxygens (including phenoxy) is 2. The zero-order chi connectivity index (χ0) is 22.0. The molecule has 0 spiro atoms. The summed E-state index contributed by atoms with van der Waals surface area (Å²) in [5.74, 6) is -0.266. The Hall–Kier alpha value is -2.79. The lowest BCUT2D eigenvalue weighted by Gasteiger charge is -2.28. The lowest BCUT2D eigenvalue weighted by Crippen LogP contribution is -3.14. The Morgan fingerprint density at radius 1 is 1.32 bits per heavy atom. The van der Waals surface area contributed by atoms with E-state index in [0.717, 1.165) is 45.0 Å². The van der Waals surface area contributed by atoms with Gasteiger partial charge in [0.15, 0.2) is 0 Å². The second-order valence-electron chi connectivity index (χ2n) is 7.93. The third kappa shape index (κ3) is 4.19. The molecule has 0 radical (unpaired) electrons. The Morgan fingerprint density at radius 3 is 2.77 bits per heavy atom. The number of fused-ring (bicyclic) bond motifs is 1. The number of nitrogens with one attached hydrogen (secondary N) is 1. The maximum absolute atomic E-state index is 13.6. The Kier molecular flexibility index (Phi) is 6.33. The van der Waals surface area contributed by atoms with Crippen LogP contribution >= 0.6 is 11.6 Å². The van der Waals surface area contributed by atoms with Gasteiger partial charge in [-0.25, -0.2) is 0 Å². The van der Waals surface area contributed by atoms with Crippen LogP contribution in [0.15, 0.2) is 46.6 Å². The average Bonchev–Trinajstić information content (AvgIpc) is 2.76. The van der Waals surface area contributed by atoms with Gasteiger partial charge in [0.2, 0.25) is 5.88 Å². The number of rotatable bonds is 5. The highest BCUT2D eigenvalue weighted by Crippen LogP contribution is 2.42. The van der Waals surface area contributed by atoms with Gasteiger partial charge in [0.1, 0.15) is 30.5 Å². The Balaban J connectivity index is 1.72. The molecule has 7 nitrogen and oxygen atoms in total. The van der Waals surface area contributed by atoms with E-state index in [1.165, 1.54) is 4.90 Å². The number of nitrogens with two attached hydrogens (primary N) is 1. The first kappa shape index (κ1) is 21.4. The van der Waals surface area contributed by atoms with E-state index in [1.807, 2.05) is 31.2 Å². The molecule has 1 atom stereocenters. The number of allylic oxidation sites excluding steroid dienone is 1. The third-order valence-electron chi connectivity index (χ3n) is 6.02. The molecule has 0 unspecified atom stereocenters. The van der Waals surface area contributed by atoms with Crippen molar-refractivity contribution >= 4 is 11.6 Å². The van der Waals surface area contributed by atoms with Crippen LogP contribution in [-0.2, 0) is 11.3 Å². The number of aryl methyl sites for hydroxylation is 1.